The molecule has 24 heteroatoms. The Kier molecular flexibility index (Phi) is 12.1. The van der Waals surface area contributed by atoms with Crippen LogP contribution in [0.4, 0.5) is 92.2 Å². The van der Waals surface area contributed by atoms with Gasteiger partial charge in [-0.2, -0.15) is 4.57 Å². The molecular weight excluding hydrogens is 912 g/mol. The first-order valence-corrected chi connectivity index (χ1v) is 17.2. The highest BCUT2D eigenvalue weighted by Crippen LogP contribution is 2.31. The highest BCUT2D eigenvalue weighted by atomic mass is 32.1. The smallest absolute Gasteiger partial charge is 0.207 e. The van der Waals surface area contributed by atoms with Crippen molar-refractivity contribution in [3.63, 3.8) is 0 Å². The number of benzene rings is 6. The summed E-state index contributed by atoms with van der Waals surface area (Å²) in [5.74, 6) is -71.5. The second-order valence-corrected chi connectivity index (χ2v) is 13.6. The Labute approximate surface area is 334 Å². The number of thiazole rings is 1. The Balaban J connectivity index is 0.000000311. The van der Waals surface area contributed by atoms with Crippen molar-refractivity contribution in [3.05, 3.63) is 182 Å². The molecule has 0 amide bonds. The number of aromatic nitrogens is 1. The maximum Gasteiger partial charge on any atom is 0.226 e. The fourth-order valence-corrected chi connectivity index (χ4v) is 7.67. The second kappa shape index (κ2) is 16.6. The molecular formula is C38H11BF21NS. The standard InChI is InChI=1S/C24BF20.C14H11FNS/c26-5-1(6(27)14(35)21(42)13(5)34)25(2-7(28)15(36)22(43)16(37)8(2)29,3-9(30)17(38)23(44)18(39)10(3)31)4-11(32)19(40)24(45)20(41)12(4)33;15-12-6-2-1-5-11(12)9-16-10-17-14-8-4-3-7-13(14)16/h;1-8,10H,9H2/q-1;+1. The third kappa shape index (κ3) is 6.78. The van der Waals surface area contributed by atoms with Crippen LogP contribution in [0.3, 0.4) is 0 Å². The first kappa shape index (κ1) is 45.3. The molecule has 0 saturated heterocycles. The maximum atomic E-state index is 15.4. The van der Waals surface area contributed by atoms with Crippen molar-refractivity contribution in [2.24, 2.45) is 0 Å². The van der Waals surface area contributed by atoms with Gasteiger partial charge in [0.2, 0.25) is 11.0 Å². The molecule has 0 spiro atoms. The summed E-state index contributed by atoms with van der Waals surface area (Å²) >= 11 is 1.68. The van der Waals surface area contributed by atoms with Crippen LogP contribution < -0.4 is 26.4 Å². The van der Waals surface area contributed by atoms with Crippen molar-refractivity contribution in [2.75, 3.05) is 0 Å². The Morgan fingerprint density at radius 3 is 0.935 bits per heavy atom. The molecule has 6 aromatic carbocycles. The summed E-state index contributed by atoms with van der Waals surface area (Å²) in [5.41, 5.74) is -10.4. The third-order valence-electron chi connectivity index (χ3n) is 9.49. The average Bonchev–Trinajstić information content (AvgIpc) is 3.67. The van der Waals surface area contributed by atoms with E-state index in [4.69, 9.17) is 0 Å². The summed E-state index contributed by atoms with van der Waals surface area (Å²) in [5, 5.41) is 0. The molecule has 0 N–H and O–H groups in total. The number of para-hydroxylation sites is 1. The Morgan fingerprint density at radius 1 is 0.339 bits per heavy atom. The van der Waals surface area contributed by atoms with Crippen molar-refractivity contribution in [3.8, 4) is 0 Å². The van der Waals surface area contributed by atoms with Crippen LogP contribution in [0.15, 0.2) is 54.0 Å². The summed E-state index contributed by atoms with van der Waals surface area (Å²) in [6, 6.07) is 15.1. The van der Waals surface area contributed by atoms with Crippen molar-refractivity contribution >= 4 is 49.6 Å². The first-order chi connectivity index (χ1) is 29.0. The minimum atomic E-state index is -7.22. The van der Waals surface area contributed by atoms with Gasteiger partial charge in [-0.25, -0.2) is 92.2 Å². The van der Waals surface area contributed by atoms with E-state index in [-0.39, 0.29) is 5.82 Å². The molecule has 0 bridgehead atoms. The van der Waals surface area contributed by atoms with E-state index >= 15 is 35.1 Å². The summed E-state index contributed by atoms with van der Waals surface area (Å²) < 4.78 is 311. The summed E-state index contributed by atoms with van der Waals surface area (Å²) in [6.45, 7) is 0.580. The number of fused-ring (bicyclic) bond motifs is 1. The fourth-order valence-electron chi connectivity index (χ4n) is 6.78. The molecule has 7 aromatic rings. The van der Waals surface area contributed by atoms with Crippen LogP contribution in [-0.4, -0.2) is 6.15 Å². The van der Waals surface area contributed by atoms with Gasteiger partial charge in [-0.1, -0.05) is 35.6 Å². The van der Waals surface area contributed by atoms with Crippen LogP contribution in [0.2, 0.25) is 0 Å². The summed E-state index contributed by atoms with van der Waals surface area (Å²) in [7, 11) is 0. The lowest BCUT2D eigenvalue weighted by molar-refractivity contribution is -0.658. The van der Waals surface area contributed by atoms with Crippen LogP contribution in [0.5, 0.6) is 0 Å². The van der Waals surface area contributed by atoms with Crippen LogP contribution >= 0.6 is 11.3 Å². The van der Waals surface area contributed by atoms with Gasteiger partial charge in [0.25, 0.3) is 0 Å². The minimum Gasteiger partial charge on any atom is -0.207 e. The van der Waals surface area contributed by atoms with Gasteiger partial charge in [0.05, 0.1) is 5.56 Å². The Bertz CT molecular complexity index is 2590. The van der Waals surface area contributed by atoms with E-state index in [9.17, 15) is 57.1 Å². The molecule has 0 radical (unpaired) electrons. The Hall–Kier alpha value is -6.20. The Morgan fingerprint density at radius 2 is 0.613 bits per heavy atom. The van der Waals surface area contributed by atoms with Crippen molar-refractivity contribution in [1.29, 1.82) is 0 Å². The van der Waals surface area contributed by atoms with E-state index in [1.807, 2.05) is 29.8 Å². The zero-order chi connectivity index (χ0) is 46.0. The highest BCUT2D eigenvalue weighted by Gasteiger charge is 2.52. The zero-order valence-electron chi connectivity index (χ0n) is 29.3. The van der Waals surface area contributed by atoms with Crippen LogP contribution in [0.25, 0.3) is 10.2 Å². The predicted octanol–water partition coefficient (Wildman–Crippen LogP) is 9.22. The molecule has 62 heavy (non-hydrogen) atoms. The lowest BCUT2D eigenvalue weighted by Gasteiger charge is -2.44. The van der Waals surface area contributed by atoms with Crippen LogP contribution in [0, 0.1) is 122 Å². The van der Waals surface area contributed by atoms with E-state index in [0.717, 1.165) is 11.1 Å². The largest absolute Gasteiger partial charge is 0.226 e. The van der Waals surface area contributed by atoms with Crippen molar-refractivity contribution < 1.29 is 96.8 Å². The molecule has 7 rings (SSSR count). The van der Waals surface area contributed by atoms with Gasteiger partial charge in [0, 0.05) is 6.07 Å². The summed E-state index contributed by atoms with van der Waals surface area (Å²) in [4.78, 5) is 0. The van der Waals surface area contributed by atoms with Gasteiger partial charge in [-0.05, 0) is 18.2 Å². The molecule has 0 aliphatic heterocycles. The van der Waals surface area contributed by atoms with Gasteiger partial charge in [0.1, 0.15) is 63.2 Å². The molecule has 0 atom stereocenters. The zero-order valence-corrected chi connectivity index (χ0v) is 30.1. The number of halogens is 21. The lowest BCUT2D eigenvalue weighted by atomic mass is 9.12. The molecule has 0 unspecified atom stereocenters. The number of hydrogen-bond acceptors (Lipinski definition) is 1. The molecule has 1 heterocycles. The SMILES string of the molecule is Fc1c(F)c(F)c([B-](c2c(F)c(F)c(F)c(F)c2F)(c2c(F)c(F)c(F)c(F)c2F)c2c(F)c(F)c(F)c(F)c2F)c(F)c1F.Fc1ccccc1C[n+]1csc2ccccc21. The summed E-state index contributed by atoms with van der Waals surface area (Å²) in [6.07, 6.45) is -7.22. The fraction of sp³-hybridized carbons (Fsp3) is 0.0263. The molecule has 1 nitrogen and oxygen atoms in total. The third-order valence-corrected chi connectivity index (χ3v) is 10.4. The molecule has 0 fully saturated rings. The normalized spacial score (nSPS) is 11.7. The van der Waals surface area contributed by atoms with Crippen molar-refractivity contribution in [2.45, 2.75) is 6.54 Å². The van der Waals surface area contributed by atoms with Gasteiger partial charge in [0.15, 0.2) is 76.4 Å². The maximum absolute atomic E-state index is 15.4. The predicted molar refractivity (Wildman–Crippen MR) is 177 cm³/mol. The minimum absolute atomic E-state index is 0.143. The number of hydrogen-bond donors (Lipinski definition) is 0. The molecule has 1 aromatic heterocycles. The van der Waals surface area contributed by atoms with E-state index in [2.05, 4.69) is 16.7 Å². The average molecular weight is 923 g/mol. The van der Waals surface area contributed by atoms with Gasteiger partial charge in [-0.3, -0.25) is 0 Å². The highest BCUT2D eigenvalue weighted by molar-refractivity contribution is 7.20. The van der Waals surface area contributed by atoms with Crippen molar-refractivity contribution in [1.82, 2.24) is 0 Å². The lowest BCUT2D eigenvalue weighted by Crippen LogP contribution is -2.81. The van der Waals surface area contributed by atoms with Gasteiger partial charge < -0.3 is 0 Å². The number of rotatable bonds is 6. The molecule has 0 saturated carbocycles. The van der Waals surface area contributed by atoms with E-state index < -0.39 is 144 Å². The van der Waals surface area contributed by atoms with Gasteiger partial charge >= 0.3 is 0 Å². The van der Waals surface area contributed by atoms with E-state index in [1.54, 1.807) is 17.4 Å². The van der Waals surface area contributed by atoms with E-state index in [0.29, 0.717) is 6.54 Å². The van der Waals surface area contributed by atoms with E-state index in [1.165, 1.54) is 10.8 Å². The second-order valence-electron chi connectivity index (χ2n) is 12.7. The first-order valence-electron chi connectivity index (χ1n) is 16.4. The monoisotopic (exact) mass is 923 g/mol. The van der Waals surface area contributed by atoms with Crippen LogP contribution in [0.1, 0.15) is 5.56 Å². The quantitative estimate of drug-likeness (QED) is 0.0516. The molecule has 0 aliphatic rings. The van der Waals surface area contributed by atoms with Gasteiger partial charge in [-0.15, -0.1) is 21.9 Å². The van der Waals surface area contributed by atoms with Crippen LogP contribution in [-0.2, 0) is 6.54 Å². The topological polar surface area (TPSA) is 3.88 Å². The molecule has 0 aliphatic carbocycles. The number of nitrogens with zero attached hydrogens (tertiary/aromatic N) is 1. The molecule has 324 valence electrons.